The number of rotatable bonds is 3. The van der Waals surface area contributed by atoms with Crippen LogP contribution in [0.1, 0.15) is 30.6 Å². The normalized spacial score (nSPS) is 21.4. The van der Waals surface area contributed by atoms with Crippen LogP contribution in [0.5, 0.6) is 0 Å². The Morgan fingerprint density at radius 3 is 2.78 bits per heavy atom. The summed E-state index contributed by atoms with van der Waals surface area (Å²) < 4.78 is 18.9. The number of halogens is 1. The maximum absolute atomic E-state index is 13.6. The zero-order chi connectivity index (χ0) is 13.3. The first-order valence-corrected chi connectivity index (χ1v) is 6.28. The van der Waals surface area contributed by atoms with Crippen molar-refractivity contribution < 1.29 is 14.2 Å². The fraction of sp³-hybridized carbons (Fsp3) is 0.571. The predicted octanol–water partition coefficient (Wildman–Crippen LogP) is 2.41. The van der Waals surface area contributed by atoms with Gasteiger partial charge in [-0.3, -0.25) is 0 Å². The van der Waals surface area contributed by atoms with Crippen molar-refractivity contribution in [3.63, 3.8) is 0 Å². The fourth-order valence-electron chi connectivity index (χ4n) is 2.43. The first-order valence-electron chi connectivity index (χ1n) is 6.28. The van der Waals surface area contributed by atoms with Crippen LogP contribution < -0.4 is 4.90 Å². The molecule has 2 rings (SSSR count). The number of nitrogens with zero attached hydrogens (tertiary/aromatic N) is 1. The van der Waals surface area contributed by atoms with Crippen LogP contribution in [-0.4, -0.2) is 31.4 Å². The van der Waals surface area contributed by atoms with Gasteiger partial charge in [0.1, 0.15) is 5.82 Å². The van der Waals surface area contributed by atoms with Gasteiger partial charge in [-0.1, -0.05) is 0 Å². The largest absolute Gasteiger partial charge is 0.389 e. The van der Waals surface area contributed by atoms with Crippen LogP contribution in [0.2, 0.25) is 0 Å². The summed E-state index contributed by atoms with van der Waals surface area (Å²) in [5.41, 5.74) is 2.17. The summed E-state index contributed by atoms with van der Waals surface area (Å²) >= 11 is 0. The van der Waals surface area contributed by atoms with Gasteiger partial charge in [-0.15, -0.1) is 0 Å². The summed E-state index contributed by atoms with van der Waals surface area (Å²) in [4.78, 5) is 2.16. The van der Waals surface area contributed by atoms with Gasteiger partial charge in [-0.2, -0.15) is 0 Å². The Balaban J connectivity index is 2.34. The monoisotopic (exact) mass is 253 g/mol. The van der Waals surface area contributed by atoms with Crippen LogP contribution >= 0.6 is 0 Å². The maximum Gasteiger partial charge on any atom is 0.126 e. The second kappa shape index (κ2) is 5.24. The molecule has 0 radical (unpaired) electrons. The highest BCUT2D eigenvalue weighted by Gasteiger charge is 2.25. The number of ether oxygens (including phenoxy) is 1. The smallest absolute Gasteiger partial charge is 0.126 e. The molecule has 18 heavy (non-hydrogen) atoms. The molecule has 2 atom stereocenters. The number of aryl methyl sites for hydroxylation is 1. The Morgan fingerprint density at radius 2 is 2.22 bits per heavy atom. The van der Waals surface area contributed by atoms with Crippen LogP contribution in [0, 0.1) is 12.7 Å². The zero-order valence-electron chi connectivity index (χ0n) is 11.1. The Morgan fingerprint density at radius 1 is 1.50 bits per heavy atom. The van der Waals surface area contributed by atoms with Gasteiger partial charge >= 0.3 is 0 Å². The fourth-order valence-corrected chi connectivity index (χ4v) is 2.43. The number of benzene rings is 1. The molecule has 1 saturated heterocycles. The number of anilines is 1. The molecule has 1 heterocycles. The van der Waals surface area contributed by atoms with E-state index in [0.717, 1.165) is 25.2 Å². The highest BCUT2D eigenvalue weighted by molar-refractivity contribution is 5.57. The molecule has 1 aromatic rings. The lowest BCUT2D eigenvalue weighted by atomic mass is 10.0. The molecular weight excluding hydrogens is 233 g/mol. The molecular formula is C14H20FNO2. The Hall–Kier alpha value is -1.13. The number of hydrogen-bond acceptors (Lipinski definition) is 3. The number of aliphatic hydroxyl groups excluding tert-OH is 1. The molecule has 4 heteroatoms. The van der Waals surface area contributed by atoms with Gasteiger partial charge < -0.3 is 14.7 Å². The van der Waals surface area contributed by atoms with Gasteiger partial charge in [-0.25, -0.2) is 4.39 Å². The van der Waals surface area contributed by atoms with Gasteiger partial charge in [-0.05, 0) is 38.0 Å². The van der Waals surface area contributed by atoms with E-state index >= 15 is 0 Å². The van der Waals surface area contributed by atoms with Crippen molar-refractivity contribution in [1.82, 2.24) is 0 Å². The lowest BCUT2D eigenvalue weighted by Crippen LogP contribution is -2.24. The molecule has 0 spiro atoms. The summed E-state index contributed by atoms with van der Waals surface area (Å²) in [6.07, 6.45) is 0.514. The Labute approximate surface area is 107 Å². The molecule has 1 unspecified atom stereocenters. The van der Waals surface area contributed by atoms with Gasteiger partial charge in [0, 0.05) is 31.5 Å². The van der Waals surface area contributed by atoms with E-state index in [1.807, 2.05) is 6.07 Å². The molecule has 100 valence electrons. The van der Waals surface area contributed by atoms with Crippen LogP contribution in [0.3, 0.4) is 0 Å². The zero-order valence-corrected chi connectivity index (χ0v) is 11.1. The highest BCUT2D eigenvalue weighted by Crippen LogP contribution is 2.31. The minimum absolute atomic E-state index is 0.220. The molecule has 1 aliphatic heterocycles. The van der Waals surface area contributed by atoms with Gasteiger partial charge in [0.05, 0.1) is 12.2 Å². The second-order valence-electron chi connectivity index (χ2n) is 4.93. The van der Waals surface area contributed by atoms with Crippen molar-refractivity contribution >= 4 is 5.69 Å². The summed E-state index contributed by atoms with van der Waals surface area (Å²) in [5, 5.41) is 9.78. The summed E-state index contributed by atoms with van der Waals surface area (Å²) in [6.45, 7) is 5.08. The van der Waals surface area contributed by atoms with Crippen molar-refractivity contribution in [1.29, 1.82) is 0 Å². The van der Waals surface area contributed by atoms with E-state index in [9.17, 15) is 9.50 Å². The summed E-state index contributed by atoms with van der Waals surface area (Å²) in [7, 11) is 1.71. The van der Waals surface area contributed by atoms with Crippen LogP contribution in [0.15, 0.2) is 12.1 Å². The van der Waals surface area contributed by atoms with Crippen molar-refractivity contribution in [2.24, 2.45) is 0 Å². The minimum Gasteiger partial charge on any atom is -0.389 e. The Bertz CT molecular complexity index is 434. The third-order valence-electron chi connectivity index (χ3n) is 3.58. The lowest BCUT2D eigenvalue weighted by Gasteiger charge is -2.24. The van der Waals surface area contributed by atoms with Crippen LogP contribution in [0.25, 0.3) is 0 Å². The highest BCUT2D eigenvalue weighted by atomic mass is 19.1. The predicted molar refractivity (Wildman–Crippen MR) is 69.4 cm³/mol. The van der Waals surface area contributed by atoms with Crippen molar-refractivity contribution in [2.45, 2.75) is 32.5 Å². The topological polar surface area (TPSA) is 32.7 Å². The molecule has 0 aliphatic carbocycles. The molecule has 3 nitrogen and oxygen atoms in total. The molecule has 1 N–H and O–H groups in total. The van der Waals surface area contributed by atoms with Crippen molar-refractivity contribution in [3.05, 3.63) is 29.1 Å². The Kier molecular flexibility index (Phi) is 3.88. The van der Waals surface area contributed by atoms with Crippen molar-refractivity contribution in [3.8, 4) is 0 Å². The molecule has 0 bridgehead atoms. The van der Waals surface area contributed by atoms with E-state index in [4.69, 9.17) is 4.74 Å². The molecule has 0 amide bonds. The molecule has 0 aromatic heterocycles. The number of aliphatic hydroxyl groups is 1. The number of methoxy groups -OCH3 is 1. The second-order valence-corrected chi connectivity index (χ2v) is 4.93. The van der Waals surface area contributed by atoms with E-state index in [1.54, 1.807) is 21.0 Å². The first-order chi connectivity index (χ1) is 8.52. The van der Waals surface area contributed by atoms with Gasteiger partial charge in [0.2, 0.25) is 0 Å². The van der Waals surface area contributed by atoms with E-state index in [0.29, 0.717) is 11.1 Å². The average molecular weight is 253 g/mol. The molecule has 1 fully saturated rings. The lowest BCUT2D eigenvalue weighted by molar-refractivity contribution is 0.121. The standard InChI is InChI=1S/C14H20FNO2/c1-9-6-14(12(10(2)17)7-13(9)15)16-5-4-11(8-16)18-3/h6-7,10-11,17H,4-5,8H2,1-3H3/t10-,11?/m1/s1. The van der Waals surface area contributed by atoms with Crippen LogP contribution in [0.4, 0.5) is 10.1 Å². The van der Waals surface area contributed by atoms with E-state index < -0.39 is 6.10 Å². The van der Waals surface area contributed by atoms with E-state index in [-0.39, 0.29) is 11.9 Å². The van der Waals surface area contributed by atoms with Gasteiger partial charge in [0.15, 0.2) is 0 Å². The molecule has 0 saturated carbocycles. The summed E-state index contributed by atoms with van der Waals surface area (Å²) in [6, 6.07) is 3.25. The molecule has 1 aliphatic rings. The quantitative estimate of drug-likeness (QED) is 0.898. The SMILES string of the molecule is COC1CCN(c2cc(C)c(F)cc2[C@@H](C)O)C1. The minimum atomic E-state index is -0.670. The van der Waals surface area contributed by atoms with E-state index in [1.165, 1.54) is 6.07 Å². The van der Waals surface area contributed by atoms with Crippen LogP contribution in [-0.2, 0) is 4.74 Å². The summed E-state index contributed by atoms with van der Waals surface area (Å²) in [5.74, 6) is -0.267. The third kappa shape index (κ3) is 2.49. The van der Waals surface area contributed by atoms with Crippen molar-refractivity contribution in [2.75, 3.05) is 25.1 Å². The van der Waals surface area contributed by atoms with E-state index in [2.05, 4.69) is 4.90 Å². The third-order valence-corrected chi connectivity index (χ3v) is 3.58. The first kappa shape index (κ1) is 13.3. The number of hydrogen-bond donors (Lipinski definition) is 1. The maximum atomic E-state index is 13.6. The van der Waals surface area contributed by atoms with Gasteiger partial charge in [0.25, 0.3) is 0 Å². The molecule has 1 aromatic carbocycles. The average Bonchev–Trinajstić information content (AvgIpc) is 2.80.